The van der Waals surface area contributed by atoms with Crippen molar-refractivity contribution in [2.45, 2.75) is 70.8 Å². The summed E-state index contributed by atoms with van der Waals surface area (Å²) >= 11 is 0. The van der Waals surface area contributed by atoms with Gasteiger partial charge in [-0.1, -0.05) is 6.04 Å². The van der Waals surface area contributed by atoms with Crippen LogP contribution in [0.3, 0.4) is 0 Å². The van der Waals surface area contributed by atoms with Crippen molar-refractivity contribution in [3.63, 3.8) is 0 Å². The Bertz CT molecular complexity index is 440. The van der Waals surface area contributed by atoms with Crippen molar-refractivity contribution >= 4 is 50.2 Å². The van der Waals surface area contributed by atoms with Gasteiger partial charge in [0.2, 0.25) is 0 Å². The van der Waals surface area contributed by atoms with Gasteiger partial charge < -0.3 is 41.7 Å². The highest BCUT2D eigenvalue weighted by Gasteiger charge is 2.50. The molecule has 1 saturated heterocycles. The highest BCUT2D eigenvalue weighted by molar-refractivity contribution is 6.92. The standard InChI is InChI=1S/C8H20N2O2Si.C8H24O4Si4.C2H4O2/c1-11-8(12-2)13-7-3-5-10-6-4-9;1-13(2)9-14(3,4)11-16(7,8)12-15(5,6)10-13;1-4-2-3/h8,10H,3-7,9H2,1-2H3;1-8H3;2H,1H3. The Labute approximate surface area is 208 Å². The smallest absolute Gasteiger partial charge is 0.314 e. The van der Waals surface area contributed by atoms with Gasteiger partial charge in [0.15, 0.2) is 0 Å². The van der Waals surface area contributed by atoms with Crippen LogP contribution < -0.4 is 11.1 Å². The minimum atomic E-state index is -2.11. The van der Waals surface area contributed by atoms with Gasteiger partial charge in [0, 0.05) is 27.3 Å². The molecule has 3 N–H and O–H groups in total. The van der Waals surface area contributed by atoms with Crippen LogP contribution in [0.2, 0.25) is 58.4 Å². The van der Waals surface area contributed by atoms with Gasteiger partial charge in [0.25, 0.3) is 6.47 Å². The SMILES string of the molecule is COC(OC)[Si]CCCNCCN.COC=O.C[Si]1(C)O[Si](C)(C)O[Si](C)(C)O[Si](C)(C)O1. The van der Waals surface area contributed by atoms with Crippen LogP contribution in [-0.4, -0.2) is 97.1 Å². The Morgan fingerprint density at radius 1 is 0.818 bits per heavy atom. The predicted octanol–water partition coefficient (Wildman–Crippen LogP) is 2.29. The number of nitrogens with one attached hydrogen (secondary N) is 1. The van der Waals surface area contributed by atoms with Gasteiger partial charge in [-0.3, -0.25) is 4.79 Å². The van der Waals surface area contributed by atoms with E-state index in [-0.39, 0.29) is 5.91 Å². The van der Waals surface area contributed by atoms with E-state index in [4.69, 9.17) is 36.5 Å². The molecule has 0 spiro atoms. The van der Waals surface area contributed by atoms with Crippen molar-refractivity contribution in [1.29, 1.82) is 0 Å². The first kappa shape index (κ1) is 35.4. The van der Waals surface area contributed by atoms with Crippen molar-refractivity contribution in [1.82, 2.24) is 5.32 Å². The first-order valence-corrected chi connectivity index (χ1v) is 23.6. The van der Waals surface area contributed by atoms with Gasteiger partial charge in [-0.2, -0.15) is 0 Å². The van der Waals surface area contributed by atoms with E-state index in [1.807, 2.05) is 0 Å². The molecule has 1 fully saturated rings. The molecule has 2 radical (unpaired) electrons. The highest BCUT2D eigenvalue weighted by Crippen LogP contribution is 2.30. The zero-order valence-electron chi connectivity index (χ0n) is 22.5. The summed E-state index contributed by atoms with van der Waals surface area (Å²) in [5.41, 5.74) is 5.33. The summed E-state index contributed by atoms with van der Waals surface area (Å²) in [6.07, 6.45) is 1.15. The maximum absolute atomic E-state index is 8.95. The van der Waals surface area contributed by atoms with Crippen LogP contribution in [0, 0.1) is 0 Å². The van der Waals surface area contributed by atoms with Crippen LogP contribution in [0.5, 0.6) is 0 Å². The van der Waals surface area contributed by atoms with Crippen molar-refractivity contribution in [3.8, 4) is 0 Å². The third kappa shape index (κ3) is 21.3. The summed E-state index contributed by atoms with van der Waals surface area (Å²) in [5.74, 6) is -0.0190. The largest absolute Gasteiger partial charge is 0.471 e. The monoisotopic (exact) mass is 560 g/mol. The minimum absolute atomic E-state index is 0.0190. The maximum Gasteiger partial charge on any atom is 0.314 e. The lowest BCUT2D eigenvalue weighted by Crippen LogP contribution is -2.64. The van der Waals surface area contributed by atoms with Gasteiger partial charge in [0.1, 0.15) is 15.4 Å². The second-order valence-corrected chi connectivity index (χ2v) is 24.8. The molecule has 0 aromatic rings. The topological polar surface area (TPSA) is 120 Å². The molecule has 0 unspecified atom stereocenters. The van der Waals surface area contributed by atoms with E-state index in [1.165, 1.54) is 7.11 Å². The molecule has 0 aromatic heterocycles. The molecule has 198 valence electrons. The van der Waals surface area contributed by atoms with Crippen LogP contribution in [0.4, 0.5) is 0 Å². The molecule has 1 aliphatic rings. The van der Waals surface area contributed by atoms with Crippen molar-refractivity contribution in [3.05, 3.63) is 0 Å². The zero-order valence-corrected chi connectivity index (χ0v) is 27.5. The van der Waals surface area contributed by atoms with E-state index in [9.17, 15) is 0 Å². The summed E-state index contributed by atoms with van der Waals surface area (Å²) in [6.45, 7) is 19.6. The van der Waals surface area contributed by atoms with Gasteiger partial charge >= 0.3 is 34.2 Å². The maximum atomic E-state index is 8.95. The molecular formula is C18H48N2O8Si5. The Kier molecular flexibility index (Phi) is 18.9. The number of rotatable bonds is 10. The fourth-order valence-electron chi connectivity index (χ4n) is 3.37. The van der Waals surface area contributed by atoms with E-state index < -0.39 is 34.2 Å². The third-order valence-corrected chi connectivity index (χ3v) is 20.8. The first-order valence-electron chi connectivity index (χ1n) is 11.1. The van der Waals surface area contributed by atoms with Gasteiger partial charge in [-0.15, -0.1) is 0 Å². The Morgan fingerprint density at radius 2 is 1.18 bits per heavy atom. The van der Waals surface area contributed by atoms with Gasteiger partial charge in [-0.25, -0.2) is 0 Å². The Balaban J connectivity index is 0. The second-order valence-electron chi connectivity index (χ2n) is 8.99. The summed E-state index contributed by atoms with van der Waals surface area (Å²) in [5, 5.41) is 3.24. The number of carbonyl (C=O) groups is 1. The first-order chi connectivity index (χ1) is 15.1. The molecule has 0 aromatic carbocycles. The zero-order chi connectivity index (χ0) is 26.2. The van der Waals surface area contributed by atoms with E-state index in [0.29, 0.717) is 13.0 Å². The average Bonchev–Trinajstić information content (AvgIpc) is 2.63. The molecule has 15 heteroatoms. The van der Waals surface area contributed by atoms with Crippen LogP contribution >= 0.6 is 0 Å². The normalized spacial score (nSPS) is 20.3. The minimum Gasteiger partial charge on any atom is -0.471 e. The number of nitrogens with two attached hydrogens (primary N) is 1. The van der Waals surface area contributed by atoms with E-state index >= 15 is 0 Å². The fraction of sp³-hybridized carbons (Fsp3) is 0.944. The van der Waals surface area contributed by atoms with Crippen LogP contribution in [0.25, 0.3) is 0 Å². The quantitative estimate of drug-likeness (QED) is 0.178. The number of hydrogen-bond donors (Lipinski definition) is 2. The number of ether oxygens (including phenoxy) is 3. The van der Waals surface area contributed by atoms with Crippen molar-refractivity contribution in [2.75, 3.05) is 41.0 Å². The average molecular weight is 561 g/mol. The van der Waals surface area contributed by atoms with Crippen LogP contribution in [0.1, 0.15) is 6.42 Å². The molecule has 0 atom stereocenters. The highest BCUT2D eigenvalue weighted by atomic mass is 28.5. The van der Waals surface area contributed by atoms with Crippen molar-refractivity contribution in [2.24, 2.45) is 5.73 Å². The third-order valence-electron chi connectivity index (χ3n) is 3.65. The molecule has 0 aliphatic carbocycles. The molecule has 0 amide bonds. The summed E-state index contributed by atoms with van der Waals surface area (Å²) < 4.78 is 38.7. The van der Waals surface area contributed by atoms with Crippen LogP contribution in [-0.2, 0) is 35.5 Å². The molecule has 33 heavy (non-hydrogen) atoms. The fourth-order valence-corrected chi connectivity index (χ4v) is 25.4. The molecule has 1 heterocycles. The predicted molar refractivity (Wildman–Crippen MR) is 142 cm³/mol. The molecule has 10 nitrogen and oxygen atoms in total. The second kappa shape index (κ2) is 17.6. The Hall–Kier alpha value is 0.234. The summed E-state index contributed by atoms with van der Waals surface area (Å²) in [7, 11) is -3.06. The Morgan fingerprint density at radius 3 is 1.45 bits per heavy atom. The molecule has 1 aliphatic heterocycles. The van der Waals surface area contributed by atoms with E-state index in [2.05, 4.69) is 62.4 Å². The lowest BCUT2D eigenvalue weighted by atomic mass is 10.5. The molecule has 1 rings (SSSR count). The number of carbonyl (C=O) groups excluding carboxylic acids is 1. The van der Waals surface area contributed by atoms with E-state index in [1.54, 1.807) is 14.2 Å². The summed E-state index contributed by atoms with van der Waals surface area (Å²) in [4.78, 5) is 8.95. The molecule has 0 saturated carbocycles. The number of hydrogen-bond acceptors (Lipinski definition) is 10. The molecular weight excluding hydrogens is 513 g/mol. The number of methoxy groups -OCH3 is 3. The lowest BCUT2D eigenvalue weighted by molar-refractivity contribution is -0.126. The van der Waals surface area contributed by atoms with Crippen LogP contribution in [0.15, 0.2) is 0 Å². The molecule has 0 bridgehead atoms. The summed E-state index contributed by atoms with van der Waals surface area (Å²) in [6, 6.07) is 1.14. The lowest BCUT2D eigenvalue weighted by Gasteiger charge is -2.46. The van der Waals surface area contributed by atoms with Crippen molar-refractivity contribution < 1.29 is 35.5 Å². The van der Waals surface area contributed by atoms with Gasteiger partial charge in [-0.05, 0) is 65.3 Å². The van der Waals surface area contributed by atoms with E-state index in [0.717, 1.165) is 35.1 Å². The van der Waals surface area contributed by atoms with Gasteiger partial charge in [0.05, 0.1) is 7.11 Å².